The molecule has 1 aromatic rings. The molecule has 166 valence electrons. The van der Waals surface area contributed by atoms with Crippen molar-refractivity contribution < 1.29 is 23.8 Å². The van der Waals surface area contributed by atoms with Crippen LogP contribution in [0.1, 0.15) is 60.1 Å². The second-order valence-electron chi connectivity index (χ2n) is 9.34. The van der Waals surface area contributed by atoms with E-state index in [1.165, 1.54) is 0 Å². The third-order valence-corrected chi connectivity index (χ3v) is 4.19. The number of nitrogens with zero attached hydrogens (tertiary/aromatic N) is 3. The molecule has 0 saturated carbocycles. The maximum atomic E-state index is 11.8. The largest absolute Gasteiger partial charge is 0.463 e. The average molecular weight is 412 g/mol. The highest BCUT2D eigenvalue weighted by Crippen LogP contribution is 2.17. The van der Waals surface area contributed by atoms with Gasteiger partial charge in [-0.15, -0.1) is 5.10 Å². The summed E-state index contributed by atoms with van der Waals surface area (Å²) in [5.74, 6) is -0.210. The maximum Gasteiger partial charge on any atom is 0.306 e. The van der Waals surface area contributed by atoms with E-state index in [0.29, 0.717) is 38.5 Å². The van der Waals surface area contributed by atoms with Gasteiger partial charge in [-0.05, 0) is 11.8 Å². The predicted octanol–water partition coefficient (Wildman–Crippen LogP) is 2.84. The zero-order valence-corrected chi connectivity index (χ0v) is 18.8. The number of ketones is 1. The van der Waals surface area contributed by atoms with Crippen molar-refractivity contribution in [2.24, 2.45) is 10.8 Å². The van der Waals surface area contributed by atoms with Gasteiger partial charge in [0.25, 0.3) is 0 Å². The van der Waals surface area contributed by atoms with Gasteiger partial charge in [-0.3, -0.25) is 9.59 Å². The van der Waals surface area contributed by atoms with Crippen molar-refractivity contribution in [1.82, 2.24) is 15.0 Å². The number of aryl methyl sites for hydroxylation is 1. The van der Waals surface area contributed by atoms with E-state index in [2.05, 4.69) is 31.1 Å². The topological polar surface area (TPSA) is 92.5 Å². The van der Waals surface area contributed by atoms with Gasteiger partial charge in [0, 0.05) is 24.6 Å². The summed E-state index contributed by atoms with van der Waals surface area (Å²) in [7, 11) is 0. The minimum Gasteiger partial charge on any atom is -0.463 e. The van der Waals surface area contributed by atoms with Crippen LogP contribution in [0.4, 0.5) is 0 Å². The molecule has 0 amide bonds. The summed E-state index contributed by atoms with van der Waals surface area (Å²) < 4.78 is 17.7. The van der Waals surface area contributed by atoms with E-state index in [-0.39, 0.29) is 36.8 Å². The summed E-state index contributed by atoms with van der Waals surface area (Å²) in [4.78, 5) is 23.6. The molecule has 0 N–H and O–H groups in total. The molecule has 0 atom stereocenters. The van der Waals surface area contributed by atoms with E-state index in [0.717, 1.165) is 6.42 Å². The summed E-state index contributed by atoms with van der Waals surface area (Å²) in [6.45, 7) is 14.4. The number of ether oxygens (including phenoxy) is 3. The second-order valence-corrected chi connectivity index (χ2v) is 9.34. The Morgan fingerprint density at radius 3 is 2.38 bits per heavy atom. The van der Waals surface area contributed by atoms with Crippen LogP contribution < -0.4 is 0 Å². The van der Waals surface area contributed by atoms with Crippen LogP contribution in [-0.2, 0) is 36.8 Å². The fourth-order valence-electron chi connectivity index (χ4n) is 2.10. The van der Waals surface area contributed by atoms with Gasteiger partial charge in [0.15, 0.2) is 5.78 Å². The number of hydrogen-bond acceptors (Lipinski definition) is 7. The molecule has 29 heavy (non-hydrogen) atoms. The van der Waals surface area contributed by atoms with Crippen LogP contribution >= 0.6 is 0 Å². The predicted molar refractivity (Wildman–Crippen MR) is 109 cm³/mol. The van der Waals surface area contributed by atoms with E-state index in [1.807, 2.05) is 20.8 Å². The smallest absolute Gasteiger partial charge is 0.306 e. The molecule has 0 aliphatic carbocycles. The second kappa shape index (κ2) is 12.0. The summed E-state index contributed by atoms with van der Waals surface area (Å²) in [5, 5.41) is 8.05. The number of rotatable bonds is 13. The Hall–Kier alpha value is -1.80. The monoisotopic (exact) mass is 411 g/mol. The Labute approximate surface area is 174 Å². The van der Waals surface area contributed by atoms with Gasteiger partial charge in [-0.1, -0.05) is 46.8 Å². The van der Waals surface area contributed by atoms with Crippen molar-refractivity contribution >= 4 is 11.8 Å². The van der Waals surface area contributed by atoms with E-state index >= 15 is 0 Å². The van der Waals surface area contributed by atoms with Crippen molar-refractivity contribution in [2.75, 3.05) is 33.0 Å². The van der Waals surface area contributed by atoms with Crippen LogP contribution in [0.5, 0.6) is 0 Å². The fourth-order valence-corrected chi connectivity index (χ4v) is 2.10. The quantitative estimate of drug-likeness (QED) is 0.364. The van der Waals surface area contributed by atoms with Crippen molar-refractivity contribution in [3.8, 4) is 0 Å². The Bertz CT molecular complexity index is 629. The van der Waals surface area contributed by atoms with Crippen molar-refractivity contribution in [1.29, 1.82) is 0 Å². The number of esters is 1. The van der Waals surface area contributed by atoms with E-state index in [4.69, 9.17) is 14.2 Å². The van der Waals surface area contributed by atoms with Gasteiger partial charge in [-0.2, -0.15) is 0 Å². The summed E-state index contributed by atoms with van der Waals surface area (Å²) in [5.41, 5.74) is 0.562. The molecule has 0 radical (unpaired) electrons. The van der Waals surface area contributed by atoms with Gasteiger partial charge in [-0.25, -0.2) is 4.68 Å². The molecule has 0 bridgehead atoms. The molecule has 1 rings (SSSR count). The van der Waals surface area contributed by atoms with E-state index in [9.17, 15) is 9.59 Å². The summed E-state index contributed by atoms with van der Waals surface area (Å²) in [6.07, 6.45) is 3.46. The molecule has 0 saturated heterocycles. The molecular weight excluding hydrogens is 374 g/mol. The molecule has 0 aromatic carbocycles. The lowest BCUT2D eigenvalue weighted by Crippen LogP contribution is -2.25. The Kier molecular flexibility index (Phi) is 10.5. The van der Waals surface area contributed by atoms with Crippen molar-refractivity contribution in [3.05, 3.63) is 11.9 Å². The van der Waals surface area contributed by atoms with Crippen LogP contribution in [0.3, 0.4) is 0 Å². The highest BCUT2D eigenvalue weighted by atomic mass is 16.6. The number of aromatic nitrogens is 3. The van der Waals surface area contributed by atoms with Gasteiger partial charge >= 0.3 is 5.97 Å². The van der Waals surface area contributed by atoms with Crippen LogP contribution in [0, 0.1) is 10.8 Å². The summed E-state index contributed by atoms with van der Waals surface area (Å²) in [6, 6.07) is 0. The minimum atomic E-state index is -0.395. The normalized spacial score (nSPS) is 12.2. The Balaban J connectivity index is 2.13. The molecule has 8 nitrogen and oxygen atoms in total. The lowest BCUT2D eigenvalue weighted by atomic mass is 9.91. The van der Waals surface area contributed by atoms with Crippen LogP contribution in [-0.4, -0.2) is 59.8 Å². The number of hydrogen-bond donors (Lipinski definition) is 0. The standard InChI is InChI=1S/C21H37N3O5/c1-20(2,3)9-11-27-13-14-29-19(26)8-7-17-15-24(23-22-17)10-12-28-16-18(25)21(4,5)6/h15H,7-14,16H2,1-6H3. The highest BCUT2D eigenvalue weighted by molar-refractivity contribution is 5.84. The SMILES string of the molecule is CC(C)(C)CCOCCOC(=O)CCc1cn(CCOCC(=O)C(C)(C)C)nn1. The molecule has 8 heteroatoms. The summed E-state index contributed by atoms with van der Waals surface area (Å²) >= 11 is 0. The average Bonchev–Trinajstić information content (AvgIpc) is 3.05. The van der Waals surface area contributed by atoms with Crippen LogP contribution in [0.2, 0.25) is 0 Å². The zero-order chi connectivity index (χ0) is 21.9. The highest BCUT2D eigenvalue weighted by Gasteiger charge is 2.20. The fraction of sp³-hybridized carbons (Fsp3) is 0.810. The first-order chi connectivity index (χ1) is 13.5. The molecule has 0 fully saturated rings. The first kappa shape index (κ1) is 25.2. The third-order valence-electron chi connectivity index (χ3n) is 4.19. The molecule has 0 spiro atoms. The van der Waals surface area contributed by atoms with E-state index < -0.39 is 5.41 Å². The molecular formula is C21H37N3O5. The lowest BCUT2D eigenvalue weighted by Gasteiger charge is -2.17. The van der Waals surface area contributed by atoms with Crippen molar-refractivity contribution in [3.63, 3.8) is 0 Å². The van der Waals surface area contributed by atoms with Gasteiger partial charge in [0.2, 0.25) is 0 Å². The maximum absolute atomic E-state index is 11.8. The van der Waals surface area contributed by atoms with Crippen molar-refractivity contribution in [2.45, 2.75) is 67.3 Å². The first-order valence-electron chi connectivity index (χ1n) is 10.2. The third kappa shape index (κ3) is 12.4. The number of carbonyl (C=O) groups excluding carboxylic acids is 2. The van der Waals surface area contributed by atoms with Gasteiger partial charge in [0.1, 0.15) is 13.2 Å². The number of carbonyl (C=O) groups is 2. The van der Waals surface area contributed by atoms with Gasteiger partial charge < -0.3 is 14.2 Å². The minimum absolute atomic E-state index is 0.0647. The first-order valence-corrected chi connectivity index (χ1v) is 10.2. The molecule has 0 aliphatic rings. The lowest BCUT2D eigenvalue weighted by molar-refractivity contribution is -0.145. The Morgan fingerprint density at radius 1 is 1.00 bits per heavy atom. The van der Waals surface area contributed by atoms with Gasteiger partial charge in [0.05, 0.1) is 31.9 Å². The number of Topliss-reactive ketones (excluding diaryl/α,β-unsaturated/α-hetero) is 1. The molecule has 1 aromatic heterocycles. The molecule has 0 aliphatic heterocycles. The molecule has 0 unspecified atom stereocenters. The van der Waals surface area contributed by atoms with Crippen LogP contribution in [0.15, 0.2) is 6.20 Å². The Morgan fingerprint density at radius 2 is 1.72 bits per heavy atom. The van der Waals surface area contributed by atoms with Crippen LogP contribution in [0.25, 0.3) is 0 Å². The van der Waals surface area contributed by atoms with E-state index in [1.54, 1.807) is 10.9 Å². The molecule has 1 heterocycles. The zero-order valence-electron chi connectivity index (χ0n) is 18.8.